The third-order valence-electron chi connectivity index (χ3n) is 13.6. The smallest absolute Gasteiger partial charge is 0.302 e. The van der Waals surface area contributed by atoms with Crippen LogP contribution in [0.15, 0.2) is 175 Å². The Hall–Kier alpha value is -5.76. The number of aliphatic imine (C=N–C) groups is 1. The van der Waals surface area contributed by atoms with E-state index in [1.807, 2.05) is 16.7 Å². The second-order valence-corrected chi connectivity index (χ2v) is 30.2. The average Bonchev–Trinajstić information content (AvgIpc) is 4.12. The predicted octanol–water partition coefficient (Wildman–Crippen LogP) is 7.18. The Kier molecular flexibility index (Phi) is 25.4. The normalized spacial score (nSPS) is 15.2. The van der Waals surface area contributed by atoms with Crippen LogP contribution in [-0.4, -0.2) is 94.2 Å². The van der Waals surface area contributed by atoms with Gasteiger partial charge in [-0.3, -0.25) is 29.7 Å². The zero-order valence-corrected chi connectivity index (χ0v) is 51.4. The molecular weight excluding hydrogens is 1150 g/mol. The van der Waals surface area contributed by atoms with E-state index >= 15 is 0 Å². The summed E-state index contributed by atoms with van der Waals surface area (Å²) in [7, 11) is -5.13. The second-order valence-electron chi connectivity index (χ2n) is 21.0. The zero-order valence-electron chi connectivity index (χ0n) is 46.2. The fourth-order valence-corrected chi connectivity index (χ4v) is 19.3. The highest BCUT2D eigenvalue weighted by atomic mass is 79.9. The quantitative estimate of drug-likeness (QED) is 0.0341. The van der Waals surface area contributed by atoms with Gasteiger partial charge >= 0.3 is 5.97 Å². The van der Waals surface area contributed by atoms with Crippen molar-refractivity contribution in [2.75, 3.05) is 31.7 Å². The van der Waals surface area contributed by atoms with Crippen LogP contribution >= 0.6 is 15.9 Å². The number of carbonyl (C=O) groups excluding carboxylic acids is 3. The SMILES string of the molecule is CC(C)(C)[Si](OC[C@H]1CCC(N)=N1)(c1ccccc1)c1ccccc1.CC(C)(C)[Si](OC[C@H]1CCC(N)=[N+]1CC(=O)c1ccc(F)cc1)(c1ccccc1)c1ccccc1.CCOC(C)=O.O=C(CBr)c1ccc(F)cc1.[Br-]. The van der Waals surface area contributed by atoms with Gasteiger partial charge in [-0.25, -0.2) is 8.78 Å². The first kappa shape index (κ1) is 64.8. The molecule has 0 fully saturated rings. The summed E-state index contributed by atoms with van der Waals surface area (Å²) in [6.45, 7) is 18.6. The number of halogens is 4. The molecule has 416 valence electrons. The third kappa shape index (κ3) is 17.4. The molecule has 0 radical (unpaired) electrons. The van der Waals surface area contributed by atoms with Gasteiger partial charge in [0.2, 0.25) is 11.6 Å². The molecule has 0 unspecified atom stereocenters. The Bertz CT molecular complexity index is 2790. The standard InChI is InChI=1S/C29H33FN2O2Si.C21H28N2OSi.C8H6BrFO.C4H8O2.BrH/c1-29(2,3)35(25-10-6-4-7-11-25,26-12-8-5-9-13-26)34-21-24-18-19-28(31)32(24)20-27(33)22-14-16-23(30)17-15-22;1-21(2,3)25(18-10-6-4-7-11-18,19-12-8-5-9-13-19)24-16-17-14-15-20(22)23-17;9-5-8(11)6-1-3-7(10)4-2-6;1-3-6-4(2)5;/h4-17,24,31H,18-21H2,1-3H3;4-13,17H,14-16H2,1-3H3,(H2,22,23);1-4H,5H2;3H2,1-2H3;1H/t24-;17-;;;/m11.../s1. The fraction of sp³-hybridized carbons (Fsp3) is 0.339. The van der Waals surface area contributed by atoms with Crippen LogP contribution < -0.4 is 49.2 Å². The summed E-state index contributed by atoms with van der Waals surface area (Å²) in [6, 6.07) is 53.9. The Balaban J connectivity index is 0.000000264. The topological polar surface area (TPSA) is 146 Å². The van der Waals surface area contributed by atoms with Gasteiger partial charge in [-0.2, -0.15) is 0 Å². The molecular formula is C62H76Br2F2N4O6Si2. The van der Waals surface area contributed by atoms with Crippen LogP contribution in [0.5, 0.6) is 0 Å². The van der Waals surface area contributed by atoms with E-state index in [1.54, 1.807) is 6.92 Å². The fourth-order valence-electron chi connectivity index (χ4n) is 9.81. The van der Waals surface area contributed by atoms with Crippen LogP contribution in [0.1, 0.15) is 102 Å². The largest absolute Gasteiger partial charge is 1.00 e. The summed E-state index contributed by atoms with van der Waals surface area (Å²) in [5, 5.41) is 5.22. The van der Waals surface area contributed by atoms with E-state index in [0.29, 0.717) is 36.8 Å². The number of alkyl halides is 1. The van der Waals surface area contributed by atoms with E-state index in [4.69, 9.17) is 20.3 Å². The maximum absolute atomic E-state index is 13.3. The predicted molar refractivity (Wildman–Crippen MR) is 317 cm³/mol. The lowest BCUT2D eigenvalue weighted by Crippen LogP contribution is -3.00. The monoisotopic (exact) mass is 1220 g/mol. The first-order valence-corrected chi connectivity index (χ1v) is 31.1. The van der Waals surface area contributed by atoms with E-state index in [-0.39, 0.29) is 80.2 Å². The van der Waals surface area contributed by atoms with Gasteiger partial charge in [-0.1, -0.05) is 179 Å². The highest BCUT2D eigenvalue weighted by Gasteiger charge is 2.52. The number of esters is 1. The first-order chi connectivity index (χ1) is 36.7. The lowest BCUT2D eigenvalue weighted by molar-refractivity contribution is -0.548. The summed E-state index contributed by atoms with van der Waals surface area (Å²) in [5.74, 6) is 0.460. The van der Waals surface area contributed by atoms with Crippen molar-refractivity contribution >= 4 is 82.5 Å². The molecule has 16 heteroatoms. The maximum atomic E-state index is 13.3. The van der Waals surface area contributed by atoms with Crippen LogP contribution in [0.25, 0.3) is 0 Å². The molecule has 0 spiro atoms. The molecule has 6 aromatic carbocycles. The minimum Gasteiger partial charge on any atom is -1.00 e. The molecule has 2 heterocycles. The van der Waals surface area contributed by atoms with Crippen LogP contribution in [-0.2, 0) is 18.4 Å². The van der Waals surface area contributed by atoms with Crippen molar-refractivity contribution in [3.63, 3.8) is 0 Å². The highest BCUT2D eigenvalue weighted by Crippen LogP contribution is 2.38. The number of benzene rings is 6. The molecule has 10 nitrogen and oxygen atoms in total. The summed E-state index contributed by atoms with van der Waals surface area (Å²) in [6.07, 6.45) is 3.44. The van der Waals surface area contributed by atoms with Gasteiger partial charge in [0.15, 0.2) is 5.78 Å². The molecule has 2 atom stereocenters. The molecule has 6 aromatic rings. The van der Waals surface area contributed by atoms with Crippen LogP contribution in [0.2, 0.25) is 10.1 Å². The Morgan fingerprint density at radius 1 is 0.603 bits per heavy atom. The molecule has 2 aliphatic heterocycles. The van der Waals surface area contributed by atoms with E-state index in [2.05, 4.69) is 176 Å². The number of ketones is 2. The number of hydrogen-bond donors (Lipinski definition) is 2. The maximum Gasteiger partial charge on any atom is 0.302 e. The third-order valence-corrected chi connectivity index (χ3v) is 24.1. The summed E-state index contributed by atoms with van der Waals surface area (Å²) < 4.78 is 46.0. The highest BCUT2D eigenvalue weighted by molar-refractivity contribution is 9.09. The molecule has 4 N–H and O–H groups in total. The van der Waals surface area contributed by atoms with Crippen molar-refractivity contribution in [3.8, 4) is 0 Å². The lowest BCUT2D eigenvalue weighted by Gasteiger charge is -2.43. The Morgan fingerprint density at radius 2 is 0.987 bits per heavy atom. The molecule has 2 aliphatic rings. The Labute approximate surface area is 481 Å². The van der Waals surface area contributed by atoms with Crippen molar-refractivity contribution in [1.29, 1.82) is 0 Å². The molecule has 0 aliphatic carbocycles. The van der Waals surface area contributed by atoms with Gasteiger partial charge in [-0.05, 0) is 92.7 Å². The summed E-state index contributed by atoms with van der Waals surface area (Å²) in [4.78, 5) is 38.3. The average molecular weight is 1230 g/mol. The van der Waals surface area contributed by atoms with E-state index in [0.717, 1.165) is 31.5 Å². The number of rotatable bonds is 16. The van der Waals surface area contributed by atoms with Crippen LogP contribution in [0, 0.1) is 11.6 Å². The second kappa shape index (κ2) is 30.6. The van der Waals surface area contributed by atoms with Crippen molar-refractivity contribution in [1.82, 2.24) is 0 Å². The van der Waals surface area contributed by atoms with Crippen LogP contribution in [0.3, 0.4) is 0 Å². The van der Waals surface area contributed by atoms with Gasteiger partial charge in [0.25, 0.3) is 16.6 Å². The molecule has 78 heavy (non-hydrogen) atoms. The molecule has 8 rings (SSSR count). The van der Waals surface area contributed by atoms with Crippen molar-refractivity contribution < 1.29 is 58.3 Å². The number of nitrogens with two attached hydrogens (primary N) is 2. The summed E-state index contributed by atoms with van der Waals surface area (Å²) >= 11 is 3.03. The van der Waals surface area contributed by atoms with Crippen molar-refractivity contribution in [3.05, 3.63) is 193 Å². The van der Waals surface area contributed by atoms with E-state index in [9.17, 15) is 23.2 Å². The summed E-state index contributed by atoms with van der Waals surface area (Å²) in [5.41, 5.74) is 13.2. The minimum absolute atomic E-state index is 0. The number of Topliss-reactive ketones (excluding diaryl/α,β-unsaturated/α-hetero) is 2. The lowest BCUT2D eigenvalue weighted by atomic mass is 10.1. The number of nitrogens with zero attached hydrogens (tertiary/aromatic N) is 2. The van der Waals surface area contributed by atoms with Crippen molar-refractivity contribution in [2.24, 2.45) is 16.5 Å². The van der Waals surface area contributed by atoms with Gasteiger partial charge in [0.05, 0.1) is 43.4 Å². The molecule has 0 saturated carbocycles. The molecule has 0 bridgehead atoms. The minimum atomic E-state index is -2.68. The number of carbonyl (C=O) groups is 3. The molecule has 0 saturated heterocycles. The first-order valence-electron chi connectivity index (χ1n) is 26.1. The molecule has 0 amide bonds. The number of hydrogen-bond acceptors (Lipinski definition) is 9. The van der Waals surface area contributed by atoms with Gasteiger partial charge < -0.3 is 36.3 Å². The van der Waals surface area contributed by atoms with Crippen LogP contribution in [0.4, 0.5) is 8.78 Å². The van der Waals surface area contributed by atoms with E-state index in [1.165, 1.54) is 76.2 Å². The van der Waals surface area contributed by atoms with Gasteiger partial charge in [-0.15, -0.1) is 0 Å². The van der Waals surface area contributed by atoms with Crippen molar-refractivity contribution in [2.45, 2.75) is 103 Å². The zero-order chi connectivity index (χ0) is 56.2. The van der Waals surface area contributed by atoms with Gasteiger partial charge in [0, 0.05) is 30.9 Å². The van der Waals surface area contributed by atoms with Gasteiger partial charge in [0.1, 0.15) is 24.2 Å². The number of amidine groups is 2. The Morgan fingerprint density at radius 3 is 1.31 bits per heavy atom. The number of ether oxygens (including phenoxy) is 1. The molecule has 0 aromatic heterocycles. The van der Waals surface area contributed by atoms with E-state index < -0.39 is 16.6 Å².